The topological polar surface area (TPSA) is 49.7 Å². The van der Waals surface area contributed by atoms with Gasteiger partial charge in [-0.2, -0.15) is 0 Å². The van der Waals surface area contributed by atoms with Crippen molar-refractivity contribution in [2.24, 2.45) is 0 Å². The molecule has 0 bridgehead atoms. The molecule has 0 aromatic heterocycles. The van der Waals surface area contributed by atoms with Crippen molar-refractivity contribution in [3.63, 3.8) is 0 Å². The number of hydrogen-bond donors (Lipinski definition) is 2. The van der Waals surface area contributed by atoms with Crippen molar-refractivity contribution in [3.8, 4) is 0 Å². The molecule has 5 heteroatoms. The highest BCUT2D eigenvalue weighted by Gasteiger charge is 2.35. The number of aliphatic hydroxyl groups is 1. The molecule has 12 heavy (non-hydrogen) atoms. The Bertz CT molecular complexity index is 131. The minimum Gasteiger partial charge on any atom is -0.455 e. The van der Waals surface area contributed by atoms with Gasteiger partial charge in [0.25, 0.3) is 15.0 Å². The molecule has 0 aromatic carbocycles. The Hall–Kier alpha value is 0.00987. The van der Waals surface area contributed by atoms with Crippen molar-refractivity contribution in [1.29, 1.82) is 0 Å². The molecular weight excluding hydrogens is 154 g/mol. The zero-order valence-corrected chi connectivity index (χ0v) is 8.16. The van der Waals surface area contributed by atoms with Crippen LogP contribution in [0.4, 0.5) is 0 Å². The van der Waals surface area contributed by atoms with Gasteiger partial charge in [-0.25, -0.2) is 0 Å². The summed E-state index contributed by atoms with van der Waals surface area (Å²) < 4.78 is 5.27. The molecule has 0 amide bonds. The Morgan fingerprint density at radius 2 is 1.75 bits per heavy atom. The van der Waals surface area contributed by atoms with Gasteiger partial charge >= 0.3 is 0 Å². The molecule has 68 valence electrons. The lowest BCUT2D eigenvalue weighted by Gasteiger charge is -2.37. The molecule has 0 spiro atoms. The molecule has 0 aliphatic rings. The summed E-state index contributed by atoms with van der Waals surface area (Å²) in [4.78, 5) is 0. The molecule has 0 aliphatic heterocycles. The first-order valence-electron chi connectivity index (χ1n) is 3.99. The van der Waals surface area contributed by atoms with Crippen molar-refractivity contribution in [2.75, 3.05) is 0 Å². The summed E-state index contributed by atoms with van der Waals surface area (Å²) in [6.07, 6.45) is 0.361. The van der Waals surface area contributed by atoms with E-state index in [-0.39, 0.29) is 0 Å². The van der Waals surface area contributed by atoms with E-state index in [1.54, 1.807) is 27.7 Å². The average molecular weight is 170 g/mol. The van der Waals surface area contributed by atoms with Crippen molar-refractivity contribution in [3.05, 3.63) is 0 Å². The van der Waals surface area contributed by atoms with E-state index in [4.69, 9.17) is 9.68 Å². The molecule has 0 aromatic rings. The maximum absolute atomic E-state index is 9.63. The molecule has 0 atom stereocenters. The van der Waals surface area contributed by atoms with Crippen LogP contribution in [0.3, 0.4) is 0 Å². The van der Waals surface area contributed by atoms with E-state index in [2.05, 4.69) is 0 Å². The predicted molar refractivity (Wildman–Crippen MR) is 50.0 cm³/mol. The van der Waals surface area contributed by atoms with Crippen molar-refractivity contribution in [1.82, 2.24) is 0 Å². The van der Waals surface area contributed by atoms with Crippen LogP contribution in [0.5, 0.6) is 0 Å². The van der Waals surface area contributed by atoms with Crippen LogP contribution in [-0.2, 0) is 4.65 Å². The van der Waals surface area contributed by atoms with Crippen LogP contribution in [0.2, 0.25) is 6.22 Å². The highest BCUT2D eigenvalue weighted by Crippen LogP contribution is 2.24. The van der Waals surface area contributed by atoms with E-state index in [0.717, 1.165) is 7.48 Å². The van der Waals surface area contributed by atoms with E-state index >= 15 is 0 Å². The van der Waals surface area contributed by atoms with Crippen molar-refractivity contribution < 1.29 is 14.8 Å². The summed E-state index contributed by atoms with van der Waals surface area (Å²) in [6, 6.07) is 0. The first-order valence-corrected chi connectivity index (χ1v) is 3.99. The van der Waals surface area contributed by atoms with E-state index in [1.165, 1.54) is 7.48 Å². The van der Waals surface area contributed by atoms with Gasteiger partial charge in [0, 0.05) is 0 Å². The van der Waals surface area contributed by atoms with E-state index in [0.29, 0.717) is 6.22 Å². The van der Waals surface area contributed by atoms with E-state index in [9.17, 15) is 5.11 Å². The third-order valence-corrected chi connectivity index (χ3v) is 2.05. The predicted octanol–water partition coefficient (Wildman–Crippen LogP) is 0.159. The summed E-state index contributed by atoms with van der Waals surface area (Å²) in [5.74, 6) is 0. The van der Waals surface area contributed by atoms with Gasteiger partial charge in [-0.3, -0.25) is 0 Å². The molecule has 3 nitrogen and oxygen atoms in total. The Kier molecular flexibility index (Phi) is 4.31. The van der Waals surface area contributed by atoms with Gasteiger partial charge in [0.05, 0.1) is 11.2 Å². The Morgan fingerprint density at radius 3 is 2.08 bits per heavy atom. The van der Waals surface area contributed by atoms with Crippen LogP contribution in [0, 0.1) is 0 Å². The molecule has 0 saturated heterocycles. The molecular formula is C7H16B2O3. The zero-order valence-electron chi connectivity index (χ0n) is 8.16. The lowest BCUT2D eigenvalue weighted by Crippen LogP contribution is -2.48. The highest BCUT2D eigenvalue weighted by molar-refractivity contribution is 6.47. The fraction of sp³-hybridized carbons (Fsp3) is 1.00. The molecule has 2 radical (unpaired) electrons. The van der Waals surface area contributed by atoms with Crippen molar-refractivity contribution >= 4 is 15.0 Å². The molecule has 0 heterocycles. The number of hydrogen-bond acceptors (Lipinski definition) is 3. The summed E-state index contributed by atoms with van der Waals surface area (Å²) in [7, 11) is 2.47. The Labute approximate surface area is 75.7 Å². The Morgan fingerprint density at radius 1 is 1.25 bits per heavy atom. The van der Waals surface area contributed by atoms with Gasteiger partial charge in [-0.05, 0) is 27.7 Å². The average Bonchev–Trinajstić information content (AvgIpc) is 1.85. The molecule has 0 rings (SSSR count). The van der Waals surface area contributed by atoms with Gasteiger partial charge in [-0.15, -0.1) is 0 Å². The van der Waals surface area contributed by atoms with Gasteiger partial charge in [-0.1, -0.05) is 6.22 Å². The van der Waals surface area contributed by atoms with E-state index in [1.807, 2.05) is 0 Å². The normalized spacial score (nSPS) is 12.8. The van der Waals surface area contributed by atoms with Crippen LogP contribution in [0.15, 0.2) is 0 Å². The maximum atomic E-state index is 9.63. The number of rotatable bonds is 5. The summed E-state index contributed by atoms with van der Waals surface area (Å²) in [5.41, 5.74) is -1.55. The minimum absolute atomic E-state index is 0.361. The van der Waals surface area contributed by atoms with E-state index < -0.39 is 11.2 Å². The quantitative estimate of drug-likeness (QED) is 0.456. The fourth-order valence-electron chi connectivity index (χ4n) is 0.444. The van der Waals surface area contributed by atoms with Gasteiger partial charge < -0.3 is 14.8 Å². The second-order valence-corrected chi connectivity index (χ2v) is 3.77. The minimum atomic E-state index is -0.904. The fourth-order valence-corrected chi connectivity index (χ4v) is 0.444. The van der Waals surface area contributed by atoms with Crippen molar-refractivity contribution in [2.45, 2.75) is 45.1 Å². The SMILES string of the molecule is CC(C)(O)C(C)(C)O[B]C[B]O. The van der Waals surface area contributed by atoms with Crippen LogP contribution in [-0.4, -0.2) is 36.3 Å². The highest BCUT2D eigenvalue weighted by atomic mass is 16.5. The van der Waals surface area contributed by atoms with Crippen LogP contribution < -0.4 is 0 Å². The lowest BCUT2D eigenvalue weighted by molar-refractivity contribution is -0.0901. The molecule has 0 aliphatic carbocycles. The molecule has 0 saturated carbocycles. The molecule has 0 fully saturated rings. The monoisotopic (exact) mass is 170 g/mol. The third-order valence-electron chi connectivity index (χ3n) is 2.05. The van der Waals surface area contributed by atoms with Gasteiger partial charge in [0.1, 0.15) is 0 Å². The zero-order chi connectivity index (χ0) is 9.83. The van der Waals surface area contributed by atoms with Gasteiger partial charge in [0.15, 0.2) is 0 Å². The van der Waals surface area contributed by atoms with Gasteiger partial charge in [0.2, 0.25) is 0 Å². The smallest absolute Gasteiger partial charge is 0.287 e. The largest absolute Gasteiger partial charge is 0.455 e. The summed E-state index contributed by atoms with van der Waals surface area (Å²) >= 11 is 0. The van der Waals surface area contributed by atoms with Crippen LogP contribution in [0.25, 0.3) is 0 Å². The lowest BCUT2D eigenvalue weighted by atomic mass is 9.74. The maximum Gasteiger partial charge on any atom is 0.287 e. The summed E-state index contributed by atoms with van der Waals surface area (Å²) in [6.45, 7) is 6.95. The second-order valence-electron chi connectivity index (χ2n) is 3.77. The summed E-state index contributed by atoms with van der Waals surface area (Å²) in [5, 5.41) is 18.0. The molecule has 0 unspecified atom stereocenters. The first kappa shape index (κ1) is 12.0. The van der Waals surface area contributed by atoms with Crippen LogP contribution in [0.1, 0.15) is 27.7 Å². The molecule has 2 N–H and O–H groups in total. The third kappa shape index (κ3) is 3.61. The standard InChI is InChI=1S/C7H16B2O3/c1-6(2,10)7(3,4)12-9-5-8-11/h10-11H,5H2,1-4H3. The van der Waals surface area contributed by atoms with Crippen LogP contribution >= 0.6 is 0 Å². The first-order chi connectivity index (χ1) is 5.31. The second kappa shape index (κ2) is 4.30. The Balaban J connectivity index is 3.88.